The molecule has 3 N–H and O–H groups in total. The predicted molar refractivity (Wildman–Crippen MR) is 39.2 cm³/mol. The maximum atomic E-state index is 10.6. The second-order valence-electron chi connectivity index (χ2n) is 2.66. The second kappa shape index (κ2) is 3.54. The highest BCUT2D eigenvalue weighted by Gasteiger charge is 2.23. The number of nitrogens with zero attached hydrogens (tertiary/aromatic N) is 1. The number of hydrazine groups is 1. The molecule has 5 heteroatoms. The van der Waals surface area contributed by atoms with Crippen LogP contribution in [0, 0.1) is 0 Å². The molecule has 1 rings (SSSR count). The van der Waals surface area contributed by atoms with Crippen molar-refractivity contribution >= 4 is 6.09 Å². The fraction of sp³-hybridized carbons (Fsp3) is 0.833. The molecule has 5 nitrogen and oxygen atoms in total. The van der Waals surface area contributed by atoms with Crippen molar-refractivity contribution in [3.05, 3.63) is 0 Å². The highest BCUT2D eigenvalue weighted by atomic mass is 16.7. The number of hydrogen-bond donors (Lipinski definition) is 2. The zero-order chi connectivity index (χ0) is 8.27. The van der Waals surface area contributed by atoms with Crippen molar-refractivity contribution in [3.8, 4) is 0 Å². The maximum absolute atomic E-state index is 10.6. The molecular weight excluding hydrogens is 146 g/mol. The van der Waals surface area contributed by atoms with E-state index < -0.39 is 6.09 Å². The molecule has 1 fully saturated rings. The van der Waals surface area contributed by atoms with Gasteiger partial charge < -0.3 is 4.84 Å². The molecule has 0 aliphatic carbocycles. The van der Waals surface area contributed by atoms with Crippen LogP contribution in [0.1, 0.15) is 19.8 Å². The van der Waals surface area contributed by atoms with Gasteiger partial charge in [-0.05, 0) is 19.8 Å². The summed E-state index contributed by atoms with van der Waals surface area (Å²) in [5, 5.41) is 1.64. The molecule has 1 unspecified atom stereocenters. The largest absolute Gasteiger partial charge is 0.440 e. The van der Waals surface area contributed by atoms with Gasteiger partial charge in [-0.1, -0.05) is 0 Å². The molecule has 0 aromatic rings. The van der Waals surface area contributed by atoms with E-state index in [1.165, 1.54) is 0 Å². The average Bonchev–Trinajstić information content (AvgIpc) is 2.37. The number of hydroxylamine groups is 2. The molecule has 1 amide bonds. The van der Waals surface area contributed by atoms with Crippen molar-refractivity contribution in [2.24, 2.45) is 5.84 Å². The first-order valence-corrected chi connectivity index (χ1v) is 3.69. The number of carbonyl (C=O) groups is 1. The van der Waals surface area contributed by atoms with Gasteiger partial charge in [-0.2, -0.15) is 0 Å². The standard InChI is InChI=1S/C6H13N3O2/c1-5-3-2-4-9(5)11-6(10)8-7/h5H,2-4,7H2,1H3,(H,8,10). The second-order valence-corrected chi connectivity index (χ2v) is 2.66. The van der Waals surface area contributed by atoms with Gasteiger partial charge in [-0.15, -0.1) is 5.06 Å². The molecule has 0 radical (unpaired) electrons. The summed E-state index contributed by atoms with van der Waals surface area (Å²) in [6.45, 7) is 2.81. The lowest BCUT2D eigenvalue weighted by molar-refractivity contribution is -0.105. The van der Waals surface area contributed by atoms with Gasteiger partial charge in [0.2, 0.25) is 0 Å². The monoisotopic (exact) mass is 159 g/mol. The fourth-order valence-electron chi connectivity index (χ4n) is 1.18. The van der Waals surface area contributed by atoms with Crippen LogP contribution in [0.25, 0.3) is 0 Å². The smallest absolute Gasteiger partial charge is 0.350 e. The third-order valence-corrected chi connectivity index (χ3v) is 1.81. The van der Waals surface area contributed by atoms with Crippen LogP contribution in [0.3, 0.4) is 0 Å². The lowest BCUT2D eigenvalue weighted by atomic mass is 10.3. The summed E-state index contributed by atoms with van der Waals surface area (Å²) in [6, 6.07) is 0.312. The normalized spacial score (nSPS) is 25.1. The van der Waals surface area contributed by atoms with E-state index in [9.17, 15) is 4.79 Å². The van der Waals surface area contributed by atoms with Crippen LogP contribution in [0.5, 0.6) is 0 Å². The van der Waals surface area contributed by atoms with E-state index in [0.29, 0.717) is 6.04 Å². The van der Waals surface area contributed by atoms with Gasteiger partial charge in [0.15, 0.2) is 0 Å². The van der Waals surface area contributed by atoms with E-state index in [-0.39, 0.29) is 0 Å². The van der Waals surface area contributed by atoms with E-state index in [2.05, 4.69) is 0 Å². The minimum atomic E-state index is -0.598. The summed E-state index contributed by atoms with van der Waals surface area (Å²) in [6.07, 6.45) is 1.54. The summed E-state index contributed by atoms with van der Waals surface area (Å²) >= 11 is 0. The molecular formula is C6H13N3O2. The number of rotatable bonds is 1. The van der Waals surface area contributed by atoms with E-state index in [1.807, 2.05) is 12.3 Å². The fourth-order valence-corrected chi connectivity index (χ4v) is 1.18. The Morgan fingerprint density at radius 3 is 3.00 bits per heavy atom. The molecule has 1 aliphatic heterocycles. The summed E-state index contributed by atoms with van der Waals surface area (Å²) in [7, 11) is 0. The van der Waals surface area contributed by atoms with Crippen LogP contribution in [-0.4, -0.2) is 23.7 Å². The molecule has 0 aromatic carbocycles. The molecule has 0 bridgehead atoms. The van der Waals surface area contributed by atoms with Gasteiger partial charge in [0.25, 0.3) is 0 Å². The van der Waals surface area contributed by atoms with Crippen LogP contribution < -0.4 is 11.3 Å². The maximum Gasteiger partial charge on any atom is 0.440 e. The first-order chi connectivity index (χ1) is 5.24. The Kier molecular flexibility index (Phi) is 2.67. The molecule has 64 valence electrons. The quantitative estimate of drug-likeness (QED) is 0.320. The number of amides is 1. The number of hydrogen-bond acceptors (Lipinski definition) is 4. The lowest BCUT2D eigenvalue weighted by Gasteiger charge is -2.18. The topological polar surface area (TPSA) is 67.6 Å². The van der Waals surface area contributed by atoms with Crippen LogP contribution in [0.4, 0.5) is 4.79 Å². The van der Waals surface area contributed by atoms with Gasteiger partial charge in [0.05, 0.1) is 0 Å². The summed E-state index contributed by atoms with van der Waals surface area (Å²) in [5.41, 5.74) is 1.91. The zero-order valence-corrected chi connectivity index (χ0v) is 6.54. The van der Waals surface area contributed by atoms with Crippen molar-refractivity contribution in [2.75, 3.05) is 6.54 Å². The van der Waals surface area contributed by atoms with Crippen LogP contribution >= 0.6 is 0 Å². The van der Waals surface area contributed by atoms with Gasteiger partial charge in [-0.25, -0.2) is 10.6 Å². The van der Waals surface area contributed by atoms with Crippen LogP contribution in [0.2, 0.25) is 0 Å². The highest BCUT2D eigenvalue weighted by Crippen LogP contribution is 2.15. The van der Waals surface area contributed by atoms with Crippen molar-refractivity contribution in [1.82, 2.24) is 10.5 Å². The van der Waals surface area contributed by atoms with Crippen molar-refractivity contribution in [3.63, 3.8) is 0 Å². The Balaban J connectivity index is 2.30. The molecule has 1 aliphatic rings. The minimum Gasteiger partial charge on any atom is -0.350 e. The Morgan fingerprint density at radius 2 is 2.55 bits per heavy atom. The number of carbonyl (C=O) groups excluding carboxylic acids is 1. The lowest BCUT2D eigenvalue weighted by Crippen LogP contribution is -2.38. The van der Waals surface area contributed by atoms with Crippen LogP contribution in [0.15, 0.2) is 0 Å². The Morgan fingerprint density at radius 1 is 1.82 bits per heavy atom. The molecule has 1 atom stereocenters. The molecule has 0 spiro atoms. The van der Waals surface area contributed by atoms with Crippen molar-refractivity contribution in [2.45, 2.75) is 25.8 Å². The predicted octanol–water partition coefficient (Wildman–Crippen LogP) is -0.0144. The Hall–Kier alpha value is -0.810. The highest BCUT2D eigenvalue weighted by molar-refractivity contribution is 5.65. The van der Waals surface area contributed by atoms with E-state index >= 15 is 0 Å². The molecule has 1 heterocycles. The van der Waals surface area contributed by atoms with Crippen molar-refractivity contribution < 1.29 is 9.63 Å². The first kappa shape index (κ1) is 8.29. The first-order valence-electron chi connectivity index (χ1n) is 3.69. The minimum absolute atomic E-state index is 0.312. The van der Waals surface area contributed by atoms with Gasteiger partial charge in [0.1, 0.15) is 0 Å². The van der Waals surface area contributed by atoms with Crippen molar-refractivity contribution in [1.29, 1.82) is 0 Å². The summed E-state index contributed by atoms with van der Waals surface area (Å²) in [5.74, 6) is 4.84. The zero-order valence-electron chi connectivity index (χ0n) is 6.54. The van der Waals surface area contributed by atoms with E-state index in [0.717, 1.165) is 19.4 Å². The molecule has 1 saturated heterocycles. The van der Waals surface area contributed by atoms with Gasteiger partial charge >= 0.3 is 6.09 Å². The average molecular weight is 159 g/mol. The Bertz CT molecular complexity index is 151. The van der Waals surface area contributed by atoms with E-state index in [4.69, 9.17) is 10.7 Å². The summed E-state index contributed by atoms with van der Waals surface area (Å²) < 4.78 is 0. The third-order valence-electron chi connectivity index (χ3n) is 1.81. The third kappa shape index (κ3) is 2.06. The van der Waals surface area contributed by atoms with E-state index in [1.54, 1.807) is 5.06 Å². The van der Waals surface area contributed by atoms with Gasteiger partial charge in [0, 0.05) is 12.6 Å². The number of nitrogens with one attached hydrogen (secondary N) is 1. The molecule has 0 aromatic heterocycles. The Labute approximate surface area is 65.4 Å². The summed E-state index contributed by atoms with van der Waals surface area (Å²) in [4.78, 5) is 15.4. The number of nitrogens with two attached hydrogens (primary N) is 1. The van der Waals surface area contributed by atoms with Crippen LogP contribution in [-0.2, 0) is 4.84 Å². The molecule has 11 heavy (non-hydrogen) atoms. The molecule has 0 saturated carbocycles. The SMILES string of the molecule is CC1CCCN1OC(=O)NN. The van der Waals surface area contributed by atoms with Gasteiger partial charge in [-0.3, -0.25) is 5.43 Å².